The maximum absolute atomic E-state index is 14.0. The molecule has 0 atom stereocenters. The molecular formula is C14H12F2Si. The molecule has 0 bridgehead atoms. The molecule has 2 aromatic rings. The van der Waals surface area contributed by atoms with Crippen LogP contribution in [0.1, 0.15) is 0 Å². The Morgan fingerprint density at radius 2 is 1.53 bits per heavy atom. The minimum Gasteiger partial charge on any atom is -0.207 e. The van der Waals surface area contributed by atoms with Crippen molar-refractivity contribution >= 4 is 18.4 Å². The summed E-state index contributed by atoms with van der Waals surface area (Å²) >= 11 is 0. The highest BCUT2D eigenvalue weighted by atomic mass is 28.3. The lowest BCUT2D eigenvalue weighted by Crippen LogP contribution is -2.50. The van der Waals surface area contributed by atoms with Crippen molar-refractivity contribution in [3.05, 3.63) is 48.0 Å². The average molecular weight is 246 g/mol. The number of benzene rings is 2. The molecule has 1 aliphatic rings. The highest BCUT2D eigenvalue weighted by Gasteiger charge is 2.40. The Bertz CT molecular complexity index is 618. The lowest BCUT2D eigenvalue weighted by molar-refractivity contribution is 0.631. The van der Waals surface area contributed by atoms with Gasteiger partial charge in [-0.25, -0.2) is 8.78 Å². The fourth-order valence-corrected chi connectivity index (χ4v) is 6.04. The molecule has 3 heteroatoms. The van der Waals surface area contributed by atoms with Gasteiger partial charge in [0, 0.05) is 5.56 Å². The van der Waals surface area contributed by atoms with E-state index in [0.29, 0.717) is 5.56 Å². The van der Waals surface area contributed by atoms with Gasteiger partial charge in [0.1, 0.15) is 19.7 Å². The van der Waals surface area contributed by atoms with Crippen molar-refractivity contribution in [2.75, 3.05) is 0 Å². The Hall–Kier alpha value is -1.48. The Morgan fingerprint density at radius 1 is 0.882 bits per heavy atom. The molecule has 0 saturated carbocycles. The fraction of sp³-hybridized carbons (Fsp3) is 0.143. The van der Waals surface area contributed by atoms with E-state index < -0.39 is 8.07 Å². The molecule has 0 amide bonds. The van der Waals surface area contributed by atoms with E-state index in [1.54, 1.807) is 12.1 Å². The van der Waals surface area contributed by atoms with Crippen LogP contribution in [-0.4, -0.2) is 8.07 Å². The van der Waals surface area contributed by atoms with Crippen LogP contribution in [0.15, 0.2) is 36.4 Å². The topological polar surface area (TPSA) is 0 Å². The van der Waals surface area contributed by atoms with Gasteiger partial charge in [-0.1, -0.05) is 37.4 Å². The molecule has 86 valence electrons. The molecule has 0 radical (unpaired) electrons. The largest absolute Gasteiger partial charge is 0.207 e. The van der Waals surface area contributed by atoms with Gasteiger partial charge in [0.2, 0.25) is 0 Å². The Kier molecular flexibility index (Phi) is 2.04. The van der Waals surface area contributed by atoms with Crippen LogP contribution >= 0.6 is 0 Å². The SMILES string of the molecule is C[Si]1(C)c2cccc(F)c2-c2cccc(F)c21. The van der Waals surface area contributed by atoms with Crippen molar-refractivity contribution in [2.24, 2.45) is 0 Å². The maximum Gasteiger partial charge on any atom is 0.130 e. The normalized spacial score (nSPS) is 15.5. The van der Waals surface area contributed by atoms with Crippen molar-refractivity contribution in [3.63, 3.8) is 0 Å². The van der Waals surface area contributed by atoms with Crippen molar-refractivity contribution in [1.29, 1.82) is 0 Å². The van der Waals surface area contributed by atoms with Gasteiger partial charge in [-0.15, -0.1) is 0 Å². The monoisotopic (exact) mass is 246 g/mol. The van der Waals surface area contributed by atoms with Gasteiger partial charge in [0.15, 0.2) is 0 Å². The van der Waals surface area contributed by atoms with Crippen molar-refractivity contribution in [3.8, 4) is 11.1 Å². The van der Waals surface area contributed by atoms with Gasteiger partial charge in [-0.2, -0.15) is 0 Å². The second kappa shape index (κ2) is 3.26. The first-order chi connectivity index (χ1) is 8.03. The van der Waals surface area contributed by atoms with Crippen LogP contribution in [0, 0.1) is 11.6 Å². The zero-order valence-electron chi connectivity index (χ0n) is 9.72. The van der Waals surface area contributed by atoms with Crippen LogP contribution in [0.2, 0.25) is 13.1 Å². The third kappa shape index (κ3) is 1.26. The Morgan fingerprint density at radius 3 is 2.29 bits per heavy atom. The summed E-state index contributed by atoms with van der Waals surface area (Å²) in [4.78, 5) is 0. The lowest BCUT2D eigenvalue weighted by Gasteiger charge is -2.18. The first kappa shape index (κ1) is 10.7. The highest BCUT2D eigenvalue weighted by molar-refractivity contribution is 7.03. The standard InChI is InChI=1S/C14H12F2Si/c1-17(2)12-8-4-6-10(15)13(12)9-5-3-7-11(16)14(9)17/h3-8H,1-2H3. The summed E-state index contributed by atoms with van der Waals surface area (Å²) in [7, 11) is -2.07. The first-order valence-electron chi connectivity index (χ1n) is 5.62. The Balaban J connectivity index is 2.48. The van der Waals surface area contributed by atoms with E-state index in [1.165, 1.54) is 12.1 Å². The highest BCUT2D eigenvalue weighted by Crippen LogP contribution is 2.30. The summed E-state index contributed by atoms with van der Waals surface area (Å²) in [6, 6.07) is 10.0. The van der Waals surface area contributed by atoms with Crippen molar-refractivity contribution < 1.29 is 8.78 Å². The summed E-state index contributed by atoms with van der Waals surface area (Å²) in [6.45, 7) is 4.14. The quantitative estimate of drug-likeness (QED) is 0.627. The number of rotatable bonds is 0. The van der Waals surface area contributed by atoms with Crippen molar-refractivity contribution in [1.82, 2.24) is 0 Å². The van der Waals surface area contributed by atoms with Crippen LogP contribution in [0.4, 0.5) is 8.78 Å². The molecule has 2 aromatic carbocycles. The molecule has 1 heterocycles. The summed E-state index contributed by atoms with van der Waals surface area (Å²) in [6.07, 6.45) is 0. The second-order valence-corrected chi connectivity index (χ2v) is 9.24. The molecule has 0 fully saturated rings. The van der Waals surface area contributed by atoms with E-state index in [4.69, 9.17) is 0 Å². The van der Waals surface area contributed by atoms with Gasteiger partial charge < -0.3 is 0 Å². The predicted octanol–water partition coefficient (Wildman–Crippen LogP) is 2.77. The zero-order chi connectivity index (χ0) is 12.2. The van der Waals surface area contributed by atoms with Crippen LogP contribution in [0.3, 0.4) is 0 Å². The second-order valence-electron chi connectivity index (χ2n) is 4.95. The summed E-state index contributed by atoms with van der Waals surface area (Å²) in [5.74, 6) is -0.442. The number of hydrogen-bond acceptors (Lipinski definition) is 0. The molecule has 17 heavy (non-hydrogen) atoms. The van der Waals surface area contributed by atoms with Gasteiger partial charge in [0.05, 0.1) is 0 Å². The van der Waals surface area contributed by atoms with Gasteiger partial charge in [-0.05, 0) is 28.1 Å². The van der Waals surface area contributed by atoms with Gasteiger partial charge >= 0.3 is 0 Å². The number of halogens is 2. The zero-order valence-corrected chi connectivity index (χ0v) is 10.7. The van der Waals surface area contributed by atoms with E-state index in [2.05, 4.69) is 13.1 Å². The average Bonchev–Trinajstić information content (AvgIpc) is 2.50. The number of fused-ring (bicyclic) bond motifs is 3. The molecule has 0 aliphatic carbocycles. The van der Waals surface area contributed by atoms with E-state index in [-0.39, 0.29) is 11.6 Å². The number of hydrogen-bond donors (Lipinski definition) is 0. The summed E-state index contributed by atoms with van der Waals surface area (Å²) < 4.78 is 27.9. The van der Waals surface area contributed by atoms with E-state index in [1.807, 2.05) is 12.1 Å². The van der Waals surface area contributed by atoms with Crippen LogP contribution < -0.4 is 10.4 Å². The molecule has 3 rings (SSSR count). The predicted molar refractivity (Wildman–Crippen MR) is 68.5 cm³/mol. The van der Waals surface area contributed by atoms with Gasteiger partial charge in [0.25, 0.3) is 0 Å². The molecule has 0 unspecified atom stereocenters. The molecule has 0 spiro atoms. The van der Waals surface area contributed by atoms with Gasteiger partial charge in [-0.3, -0.25) is 0 Å². The Labute approximate surface area is 99.9 Å². The minimum absolute atomic E-state index is 0.199. The van der Waals surface area contributed by atoms with Crippen LogP contribution in [-0.2, 0) is 0 Å². The maximum atomic E-state index is 14.0. The van der Waals surface area contributed by atoms with Crippen LogP contribution in [0.5, 0.6) is 0 Å². The molecule has 1 aliphatic heterocycles. The third-order valence-corrected chi connectivity index (χ3v) is 7.12. The third-order valence-electron chi connectivity index (χ3n) is 3.59. The molecular weight excluding hydrogens is 234 g/mol. The first-order valence-corrected chi connectivity index (χ1v) is 8.62. The van der Waals surface area contributed by atoms with Crippen LogP contribution in [0.25, 0.3) is 11.1 Å². The molecule has 0 N–H and O–H groups in total. The summed E-state index contributed by atoms with van der Waals surface area (Å²) in [5.41, 5.74) is 1.36. The summed E-state index contributed by atoms with van der Waals surface area (Å²) in [5, 5.41) is 1.73. The van der Waals surface area contributed by atoms with E-state index >= 15 is 0 Å². The molecule has 0 nitrogen and oxygen atoms in total. The lowest BCUT2D eigenvalue weighted by atomic mass is 10.1. The molecule has 0 aromatic heterocycles. The van der Waals surface area contributed by atoms with Crippen molar-refractivity contribution in [2.45, 2.75) is 13.1 Å². The molecule has 0 saturated heterocycles. The fourth-order valence-electron chi connectivity index (χ4n) is 2.82. The van der Waals surface area contributed by atoms with E-state index in [9.17, 15) is 8.78 Å². The van der Waals surface area contributed by atoms with E-state index in [0.717, 1.165) is 15.9 Å². The smallest absolute Gasteiger partial charge is 0.130 e. The minimum atomic E-state index is -2.07.